The summed E-state index contributed by atoms with van der Waals surface area (Å²) in [6, 6.07) is 24.0. The summed E-state index contributed by atoms with van der Waals surface area (Å²) in [5, 5.41) is 21.5. The van der Waals surface area contributed by atoms with E-state index in [4.69, 9.17) is 11.6 Å². The number of fused-ring (bicyclic) bond motifs is 1. The van der Waals surface area contributed by atoms with Crippen LogP contribution in [0.25, 0.3) is 10.8 Å². The fourth-order valence-corrected chi connectivity index (χ4v) is 3.66. The van der Waals surface area contributed by atoms with E-state index in [0.29, 0.717) is 27.9 Å². The summed E-state index contributed by atoms with van der Waals surface area (Å²) in [6.45, 7) is 0. The van der Waals surface area contributed by atoms with Crippen molar-refractivity contribution >= 4 is 45.3 Å². The van der Waals surface area contributed by atoms with Gasteiger partial charge in [-0.1, -0.05) is 66.2 Å². The van der Waals surface area contributed by atoms with Crippen LogP contribution in [0.3, 0.4) is 0 Å². The minimum Gasteiger partial charge on any atom is -0.505 e. The highest BCUT2D eigenvalue weighted by atomic mass is 35.5. The number of amides is 1. The van der Waals surface area contributed by atoms with Gasteiger partial charge in [-0.25, -0.2) is 0 Å². The first kappa shape index (κ1) is 21.3. The molecule has 0 saturated carbocycles. The first-order valence-electron chi connectivity index (χ1n) is 10.00. The summed E-state index contributed by atoms with van der Waals surface area (Å²) in [4.78, 5) is 24.6. The van der Waals surface area contributed by atoms with Gasteiger partial charge in [0.05, 0.1) is 5.69 Å². The molecule has 7 heteroatoms. The second kappa shape index (κ2) is 9.49. The van der Waals surface area contributed by atoms with Crippen LogP contribution < -0.4 is 10.6 Å². The molecule has 0 bridgehead atoms. The minimum atomic E-state index is -0.736. The fraction of sp³-hybridized carbons (Fsp3) is 0.0800. The molecule has 0 aromatic heterocycles. The van der Waals surface area contributed by atoms with E-state index >= 15 is 0 Å². The number of phenols is 1. The molecule has 1 amide bonds. The molecule has 0 spiro atoms. The highest BCUT2D eigenvalue weighted by Gasteiger charge is 2.22. The fourth-order valence-electron chi connectivity index (χ4n) is 3.54. The second-order valence-electron chi connectivity index (χ2n) is 7.31. The SMILES string of the molecule is O=Nc1cc(NC(Cc2ccccc2)C(=O)Nc2ccc(Cl)cc2)c(O)c2ccccc12. The van der Waals surface area contributed by atoms with Crippen molar-refractivity contribution in [2.45, 2.75) is 12.5 Å². The summed E-state index contributed by atoms with van der Waals surface area (Å²) < 4.78 is 0. The van der Waals surface area contributed by atoms with Crippen molar-refractivity contribution in [2.75, 3.05) is 10.6 Å². The zero-order valence-electron chi connectivity index (χ0n) is 17.0. The van der Waals surface area contributed by atoms with Crippen LogP contribution >= 0.6 is 11.6 Å². The van der Waals surface area contributed by atoms with E-state index < -0.39 is 6.04 Å². The van der Waals surface area contributed by atoms with E-state index in [2.05, 4.69) is 15.8 Å². The van der Waals surface area contributed by atoms with Gasteiger partial charge < -0.3 is 15.7 Å². The van der Waals surface area contributed by atoms with Crippen molar-refractivity contribution in [3.05, 3.63) is 100 Å². The average molecular weight is 446 g/mol. The molecule has 4 aromatic carbocycles. The minimum absolute atomic E-state index is 0.0506. The van der Waals surface area contributed by atoms with Crippen molar-refractivity contribution in [2.24, 2.45) is 5.18 Å². The van der Waals surface area contributed by atoms with Gasteiger partial charge in [0.15, 0.2) is 0 Å². The average Bonchev–Trinajstić information content (AvgIpc) is 2.82. The van der Waals surface area contributed by atoms with E-state index in [1.54, 1.807) is 48.5 Å². The Hall–Kier alpha value is -3.90. The van der Waals surface area contributed by atoms with Crippen LogP contribution in [0.1, 0.15) is 5.56 Å². The Morgan fingerprint density at radius 2 is 1.59 bits per heavy atom. The van der Waals surface area contributed by atoms with E-state index in [1.807, 2.05) is 30.3 Å². The number of anilines is 2. The second-order valence-corrected chi connectivity index (χ2v) is 7.75. The van der Waals surface area contributed by atoms with E-state index in [1.165, 1.54) is 6.07 Å². The summed E-state index contributed by atoms with van der Waals surface area (Å²) in [7, 11) is 0. The van der Waals surface area contributed by atoms with Gasteiger partial charge in [0.1, 0.15) is 17.5 Å². The van der Waals surface area contributed by atoms with Crippen molar-refractivity contribution in [1.29, 1.82) is 0 Å². The lowest BCUT2D eigenvalue weighted by atomic mass is 10.0. The Kier molecular flexibility index (Phi) is 6.33. The van der Waals surface area contributed by atoms with Crippen molar-refractivity contribution < 1.29 is 9.90 Å². The summed E-state index contributed by atoms with van der Waals surface area (Å²) in [6.07, 6.45) is 0.358. The van der Waals surface area contributed by atoms with Crippen LogP contribution in [0.4, 0.5) is 17.1 Å². The van der Waals surface area contributed by atoms with Crippen LogP contribution in [0.15, 0.2) is 90.1 Å². The number of nitrogens with zero attached hydrogens (tertiary/aromatic N) is 1. The quantitative estimate of drug-likeness (QED) is 0.231. The lowest BCUT2D eigenvalue weighted by molar-refractivity contribution is -0.116. The van der Waals surface area contributed by atoms with E-state index in [-0.39, 0.29) is 23.0 Å². The molecule has 0 aliphatic heterocycles. The normalized spacial score (nSPS) is 11.7. The zero-order chi connectivity index (χ0) is 22.5. The molecule has 1 atom stereocenters. The highest BCUT2D eigenvalue weighted by molar-refractivity contribution is 6.30. The molecular formula is C25H20ClN3O3. The Bertz CT molecular complexity index is 1260. The number of rotatable bonds is 7. The maximum atomic E-state index is 13.2. The molecule has 6 nitrogen and oxygen atoms in total. The van der Waals surface area contributed by atoms with Crippen LogP contribution in [0.5, 0.6) is 5.75 Å². The van der Waals surface area contributed by atoms with Crippen LogP contribution in [-0.2, 0) is 11.2 Å². The Balaban J connectivity index is 1.68. The topological polar surface area (TPSA) is 90.8 Å². The predicted molar refractivity (Wildman–Crippen MR) is 129 cm³/mol. The van der Waals surface area contributed by atoms with Gasteiger partial charge in [0.2, 0.25) is 5.91 Å². The van der Waals surface area contributed by atoms with E-state index in [0.717, 1.165) is 5.56 Å². The van der Waals surface area contributed by atoms with Crippen molar-refractivity contribution in [3.8, 4) is 5.75 Å². The van der Waals surface area contributed by atoms with E-state index in [9.17, 15) is 14.8 Å². The van der Waals surface area contributed by atoms with Gasteiger partial charge in [-0.2, -0.15) is 0 Å². The van der Waals surface area contributed by atoms with Gasteiger partial charge >= 0.3 is 0 Å². The largest absolute Gasteiger partial charge is 0.505 e. The first-order valence-corrected chi connectivity index (χ1v) is 10.4. The van der Waals surface area contributed by atoms with Crippen LogP contribution in [0.2, 0.25) is 5.02 Å². The monoisotopic (exact) mass is 445 g/mol. The smallest absolute Gasteiger partial charge is 0.247 e. The number of benzene rings is 4. The highest BCUT2D eigenvalue weighted by Crippen LogP contribution is 2.39. The lowest BCUT2D eigenvalue weighted by Gasteiger charge is -2.21. The Labute approximate surface area is 189 Å². The van der Waals surface area contributed by atoms with Crippen LogP contribution in [-0.4, -0.2) is 17.1 Å². The first-order chi connectivity index (χ1) is 15.5. The summed E-state index contributed by atoms with van der Waals surface area (Å²) >= 11 is 5.93. The number of halogens is 1. The Morgan fingerprint density at radius 1 is 0.938 bits per heavy atom. The van der Waals surface area contributed by atoms with Gasteiger partial charge in [-0.05, 0) is 41.1 Å². The standard InChI is InChI=1S/C25H20ClN3O3/c26-17-10-12-18(13-11-17)27-25(31)23(14-16-6-2-1-3-7-16)28-22-15-21(29-32)19-8-4-5-9-20(19)24(22)30/h1-13,15,23,28,30H,14H2,(H,27,31). The number of phenolic OH excluding ortho intramolecular Hbond substituents is 1. The lowest BCUT2D eigenvalue weighted by Crippen LogP contribution is -2.36. The molecule has 4 rings (SSSR count). The summed E-state index contributed by atoms with van der Waals surface area (Å²) in [5.74, 6) is -0.352. The van der Waals surface area contributed by atoms with Gasteiger partial charge in [-0.15, -0.1) is 4.91 Å². The molecule has 160 valence electrons. The zero-order valence-corrected chi connectivity index (χ0v) is 17.7. The number of aromatic hydroxyl groups is 1. The molecule has 32 heavy (non-hydrogen) atoms. The number of hydrogen-bond acceptors (Lipinski definition) is 5. The van der Waals surface area contributed by atoms with Gasteiger partial charge in [0, 0.05) is 27.9 Å². The third-order valence-corrected chi connectivity index (χ3v) is 5.39. The Morgan fingerprint density at radius 3 is 2.28 bits per heavy atom. The molecule has 1 unspecified atom stereocenters. The molecular weight excluding hydrogens is 426 g/mol. The third kappa shape index (κ3) is 4.71. The number of nitroso groups, excluding NO2 is 1. The molecule has 0 aliphatic carbocycles. The van der Waals surface area contributed by atoms with Gasteiger partial charge in [0.25, 0.3) is 0 Å². The number of carbonyl (C=O) groups excluding carboxylic acids is 1. The molecule has 0 heterocycles. The molecule has 0 aliphatic rings. The van der Waals surface area contributed by atoms with Crippen molar-refractivity contribution in [3.63, 3.8) is 0 Å². The third-order valence-electron chi connectivity index (χ3n) is 5.13. The molecule has 0 radical (unpaired) electrons. The molecule has 0 saturated heterocycles. The number of carbonyl (C=O) groups is 1. The number of nitrogens with one attached hydrogen (secondary N) is 2. The number of hydrogen-bond donors (Lipinski definition) is 3. The predicted octanol–water partition coefficient (Wildman–Crippen LogP) is 6.26. The van der Waals surface area contributed by atoms with Gasteiger partial charge in [-0.3, -0.25) is 4.79 Å². The maximum Gasteiger partial charge on any atom is 0.247 e. The summed E-state index contributed by atoms with van der Waals surface area (Å²) in [5.41, 5.74) is 1.96. The van der Waals surface area contributed by atoms with Crippen molar-refractivity contribution in [1.82, 2.24) is 0 Å². The van der Waals surface area contributed by atoms with Crippen LogP contribution in [0, 0.1) is 4.91 Å². The maximum absolute atomic E-state index is 13.2. The molecule has 0 fully saturated rings. The molecule has 3 N–H and O–H groups in total. The molecule has 4 aromatic rings.